The quantitative estimate of drug-likeness (QED) is 0.742. The first-order chi connectivity index (χ1) is 12.8. The lowest BCUT2D eigenvalue weighted by Gasteiger charge is -2.32. The number of aliphatic hydroxyl groups excluding tert-OH is 2. The first kappa shape index (κ1) is 17.8. The van der Waals surface area contributed by atoms with Crippen LogP contribution < -0.4 is 0 Å². The summed E-state index contributed by atoms with van der Waals surface area (Å²) < 4.78 is 1.85. The van der Waals surface area contributed by atoms with Crippen molar-refractivity contribution in [1.82, 2.24) is 19.9 Å². The Morgan fingerprint density at radius 2 is 1.85 bits per heavy atom. The minimum atomic E-state index is 0.0154. The Morgan fingerprint density at radius 1 is 1.08 bits per heavy atom. The van der Waals surface area contributed by atoms with Crippen molar-refractivity contribution in [2.75, 3.05) is 32.8 Å². The largest absolute Gasteiger partial charge is 0.395 e. The maximum absolute atomic E-state index is 9.19. The Hall–Kier alpha value is -1.64. The lowest BCUT2D eigenvalue weighted by molar-refractivity contribution is 0.131. The summed E-state index contributed by atoms with van der Waals surface area (Å²) in [6, 6.07) is 0. The number of aliphatic hydroxyl groups is 2. The van der Waals surface area contributed by atoms with Crippen LogP contribution in [0.15, 0.2) is 9.98 Å². The first-order valence-corrected chi connectivity index (χ1v) is 9.74. The van der Waals surface area contributed by atoms with E-state index in [1.54, 1.807) is 6.34 Å². The molecule has 3 aliphatic rings. The Kier molecular flexibility index (Phi) is 5.42. The second-order valence-corrected chi connectivity index (χ2v) is 7.62. The molecule has 2 atom stereocenters. The van der Waals surface area contributed by atoms with Gasteiger partial charge in [0.1, 0.15) is 12.5 Å². The molecule has 0 radical (unpaired) electrons. The van der Waals surface area contributed by atoms with E-state index in [-0.39, 0.29) is 19.4 Å². The van der Waals surface area contributed by atoms with E-state index < -0.39 is 0 Å². The molecule has 8 heteroatoms. The molecular weight excluding hydrogens is 332 g/mol. The van der Waals surface area contributed by atoms with E-state index in [1.807, 2.05) is 10.9 Å². The Balaban J connectivity index is 1.39. The molecule has 2 aliphatic heterocycles. The minimum absolute atomic E-state index is 0.0154. The minimum Gasteiger partial charge on any atom is -0.395 e. The summed E-state index contributed by atoms with van der Waals surface area (Å²) in [5, 5.41) is 27.2. The summed E-state index contributed by atoms with van der Waals surface area (Å²) in [4.78, 5) is 11.1. The van der Waals surface area contributed by atoms with Gasteiger partial charge in [-0.3, -0.25) is 9.89 Å². The zero-order chi connectivity index (χ0) is 17.9. The highest BCUT2D eigenvalue weighted by atomic mass is 16.3. The highest BCUT2D eigenvalue weighted by molar-refractivity contribution is 5.68. The van der Waals surface area contributed by atoms with Crippen LogP contribution in [-0.4, -0.2) is 81.7 Å². The van der Waals surface area contributed by atoms with Crippen LogP contribution in [0.3, 0.4) is 0 Å². The van der Waals surface area contributed by atoms with Gasteiger partial charge in [-0.15, -0.1) is 5.10 Å². The van der Waals surface area contributed by atoms with Gasteiger partial charge in [-0.05, 0) is 38.0 Å². The molecule has 0 bridgehead atoms. The molecule has 1 aliphatic carbocycles. The molecule has 3 heterocycles. The average Bonchev–Trinajstić information content (AvgIpc) is 3.29. The van der Waals surface area contributed by atoms with Crippen LogP contribution in [0.2, 0.25) is 0 Å². The second kappa shape index (κ2) is 7.94. The number of hydrogen-bond donors (Lipinski definition) is 2. The Morgan fingerprint density at radius 3 is 2.58 bits per heavy atom. The number of rotatable bonds is 7. The molecule has 4 rings (SSSR count). The fourth-order valence-electron chi connectivity index (χ4n) is 4.64. The summed E-state index contributed by atoms with van der Waals surface area (Å²) in [5.41, 5.74) is 2.37. The third-order valence-corrected chi connectivity index (χ3v) is 6.00. The SMILES string of the molecule is OCCN(CCO)CC1CCC(c2nnn3c2C2CC=NC2N=C3)CC1. The van der Waals surface area contributed by atoms with Gasteiger partial charge >= 0.3 is 0 Å². The van der Waals surface area contributed by atoms with Crippen LogP contribution in [0, 0.1) is 5.92 Å². The fourth-order valence-corrected chi connectivity index (χ4v) is 4.64. The summed E-state index contributed by atoms with van der Waals surface area (Å²) in [6.07, 6.45) is 9.24. The van der Waals surface area contributed by atoms with Crippen LogP contribution in [0.5, 0.6) is 0 Å². The standard InChI is InChI=1S/C18H28N6O2/c25-9-7-23(8-10-26)11-13-1-3-14(4-2-13)16-17-15-5-6-19-18(15)20-12-24(17)22-21-16/h6,12-15,18,25-26H,1-5,7-11H2. The maximum atomic E-state index is 9.19. The molecule has 1 saturated carbocycles. The summed E-state index contributed by atoms with van der Waals surface area (Å²) in [5.74, 6) is 1.39. The third kappa shape index (κ3) is 3.45. The molecule has 0 saturated heterocycles. The highest BCUT2D eigenvalue weighted by Gasteiger charge is 2.37. The van der Waals surface area contributed by atoms with Crippen LogP contribution in [0.25, 0.3) is 0 Å². The number of aromatic nitrogens is 3. The zero-order valence-electron chi connectivity index (χ0n) is 15.1. The zero-order valence-corrected chi connectivity index (χ0v) is 15.1. The van der Waals surface area contributed by atoms with Crippen molar-refractivity contribution < 1.29 is 10.2 Å². The molecule has 0 aromatic carbocycles. The predicted molar refractivity (Wildman–Crippen MR) is 98.9 cm³/mol. The van der Waals surface area contributed by atoms with Crippen molar-refractivity contribution in [3.8, 4) is 0 Å². The molecular formula is C18H28N6O2. The van der Waals surface area contributed by atoms with Gasteiger partial charge in [-0.2, -0.15) is 0 Å². The molecule has 1 fully saturated rings. The second-order valence-electron chi connectivity index (χ2n) is 7.62. The van der Waals surface area contributed by atoms with Crippen LogP contribution >= 0.6 is 0 Å². The van der Waals surface area contributed by atoms with Crippen molar-refractivity contribution in [3.05, 3.63) is 11.4 Å². The Bertz CT molecular complexity index is 659. The van der Waals surface area contributed by atoms with Crippen LogP contribution in [0.4, 0.5) is 0 Å². The number of hydrogen-bond acceptors (Lipinski definition) is 7. The van der Waals surface area contributed by atoms with Crippen molar-refractivity contribution in [2.24, 2.45) is 15.9 Å². The van der Waals surface area contributed by atoms with E-state index in [1.165, 1.54) is 5.69 Å². The molecule has 1 aromatic rings. The van der Waals surface area contributed by atoms with Crippen molar-refractivity contribution >= 4 is 12.6 Å². The van der Waals surface area contributed by atoms with Crippen molar-refractivity contribution in [1.29, 1.82) is 0 Å². The lowest BCUT2D eigenvalue weighted by Crippen LogP contribution is -2.35. The highest BCUT2D eigenvalue weighted by Crippen LogP contribution is 2.41. The van der Waals surface area contributed by atoms with Gasteiger partial charge in [0.05, 0.1) is 30.5 Å². The van der Waals surface area contributed by atoms with Gasteiger partial charge in [0.25, 0.3) is 0 Å². The van der Waals surface area contributed by atoms with Crippen molar-refractivity contribution in [3.63, 3.8) is 0 Å². The van der Waals surface area contributed by atoms with E-state index in [2.05, 4.69) is 25.2 Å². The average molecular weight is 360 g/mol. The van der Waals surface area contributed by atoms with Gasteiger partial charge in [-0.1, -0.05) is 5.21 Å². The third-order valence-electron chi connectivity index (χ3n) is 6.00. The van der Waals surface area contributed by atoms with Gasteiger partial charge in [0.15, 0.2) is 0 Å². The van der Waals surface area contributed by atoms with E-state index in [9.17, 15) is 10.2 Å². The summed E-state index contributed by atoms with van der Waals surface area (Å²) >= 11 is 0. The first-order valence-electron chi connectivity index (χ1n) is 9.74. The van der Waals surface area contributed by atoms with Gasteiger partial charge in [-0.25, -0.2) is 9.67 Å². The Labute approximate surface area is 153 Å². The summed E-state index contributed by atoms with van der Waals surface area (Å²) in [6.45, 7) is 2.53. The van der Waals surface area contributed by atoms with Crippen molar-refractivity contribution in [2.45, 2.75) is 50.1 Å². The van der Waals surface area contributed by atoms with E-state index >= 15 is 0 Å². The topological polar surface area (TPSA) is 99.1 Å². The molecule has 2 unspecified atom stereocenters. The van der Waals surface area contributed by atoms with E-state index in [0.29, 0.717) is 30.8 Å². The predicted octanol–water partition coefficient (Wildman–Crippen LogP) is 0.613. The van der Waals surface area contributed by atoms with Gasteiger partial charge < -0.3 is 10.2 Å². The smallest absolute Gasteiger partial charge is 0.149 e. The number of nitrogens with zero attached hydrogens (tertiary/aromatic N) is 6. The van der Waals surface area contributed by atoms with Gasteiger partial charge in [0.2, 0.25) is 0 Å². The molecule has 2 N–H and O–H groups in total. The molecule has 8 nitrogen and oxygen atoms in total. The number of fused-ring (bicyclic) bond motifs is 3. The van der Waals surface area contributed by atoms with E-state index in [4.69, 9.17) is 0 Å². The fraction of sp³-hybridized carbons (Fsp3) is 0.778. The monoisotopic (exact) mass is 360 g/mol. The molecule has 0 spiro atoms. The van der Waals surface area contributed by atoms with Crippen LogP contribution in [-0.2, 0) is 0 Å². The molecule has 0 amide bonds. The van der Waals surface area contributed by atoms with Crippen LogP contribution in [0.1, 0.15) is 55.3 Å². The molecule has 26 heavy (non-hydrogen) atoms. The normalized spacial score (nSPS) is 30.0. The van der Waals surface area contributed by atoms with Gasteiger partial charge in [0, 0.05) is 31.8 Å². The molecule has 142 valence electrons. The lowest BCUT2D eigenvalue weighted by atomic mass is 9.78. The maximum Gasteiger partial charge on any atom is 0.149 e. The summed E-state index contributed by atoms with van der Waals surface area (Å²) in [7, 11) is 0. The molecule has 1 aromatic heterocycles. The van der Waals surface area contributed by atoms with E-state index in [0.717, 1.165) is 44.3 Å². The number of aliphatic imine (C=N–C) groups is 2.